The van der Waals surface area contributed by atoms with Crippen molar-refractivity contribution in [3.05, 3.63) is 65.9 Å². The fourth-order valence-corrected chi connectivity index (χ4v) is 2.33. The SMILES string of the molecule is O=C(O)C(F)c1nn(Cc2ccccc2)c2ccccc12. The van der Waals surface area contributed by atoms with Crippen molar-refractivity contribution in [2.45, 2.75) is 12.7 Å². The number of carboxylic acids is 1. The molecule has 0 fully saturated rings. The molecule has 0 saturated carbocycles. The number of carboxylic acid groups (broad SMARTS) is 1. The van der Waals surface area contributed by atoms with Crippen molar-refractivity contribution in [3.8, 4) is 0 Å². The Labute approximate surface area is 120 Å². The van der Waals surface area contributed by atoms with Crippen LogP contribution < -0.4 is 0 Å². The first kappa shape index (κ1) is 13.3. The van der Waals surface area contributed by atoms with E-state index in [2.05, 4.69) is 5.10 Å². The quantitative estimate of drug-likeness (QED) is 0.800. The van der Waals surface area contributed by atoms with Crippen molar-refractivity contribution >= 4 is 16.9 Å². The van der Waals surface area contributed by atoms with E-state index in [0.29, 0.717) is 11.9 Å². The van der Waals surface area contributed by atoms with Crippen LogP contribution in [-0.2, 0) is 11.3 Å². The molecule has 1 heterocycles. The first-order valence-corrected chi connectivity index (χ1v) is 6.53. The van der Waals surface area contributed by atoms with E-state index in [1.54, 1.807) is 16.8 Å². The first-order valence-electron chi connectivity index (χ1n) is 6.53. The summed E-state index contributed by atoms with van der Waals surface area (Å²) in [6, 6.07) is 16.7. The molecule has 0 amide bonds. The molecule has 0 aliphatic heterocycles. The summed E-state index contributed by atoms with van der Waals surface area (Å²) < 4.78 is 15.5. The number of benzene rings is 2. The lowest BCUT2D eigenvalue weighted by molar-refractivity contribution is -0.143. The standard InChI is InChI=1S/C16H13FN2O2/c17-14(16(20)21)15-12-8-4-5-9-13(12)19(18-15)10-11-6-2-1-3-7-11/h1-9,14H,10H2,(H,20,21). The number of para-hydroxylation sites is 1. The summed E-state index contributed by atoms with van der Waals surface area (Å²) in [5.41, 5.74) is 1.69. The molecule has 106 valence electrons. The maximum atomic E-state index is 13.9. The second kappa shape index (κ2) is 5.36. The molecule has 1 N–H and O–H groups in total. The molecular formula is C16H13FN2O2. The zero-order valence-electron chi connectivity index (χ0n) is 11.1. The highest BCUT2D eigenvalue weighted by molar-refractivity contribution is 5.87. The third kappa shape index (κ3) is 2.50. The highest BCUT2D eigenvalue weighted by atomic mass is 19.1. The third-order valence-corrected chi connectivity index (χ3v) is 3.32. The third-order valence-electron chi connectivity index (χ3n) is 3.32. The Morgan fingerprint density at radius 2 is 1.81 bits per heavy atom. The van der Waals surface area contributed by atoms with Crippen molar-refractivity contribution < 1.29 is 14.3 Å². The largest absolute Gasteiger partial charge is 0.479 e. The Kier molecular flexibility index (Phi) is 3.39. The van der Waals surface area contributed by atoms with Crippen LogP contribution in [0.2, 0.25) is 0 Å². The summed E-state index contributed by atoms with van der Waals surface area (Å²) in [6.45, 7) is 0.466. The minimum atomic E-state index is -2.12. The van der Waals surface area contributed by atoms with Gasteiger partial charge in [0.2, 0.25) is 6.17 Å². The molecule has 1 unspecified atom stereocenters. The molecule has 0 spiro atoms. The second-order valence-corrected chi connectivity index (χ2v) is 4.75. The molecule has 5 heteroatoms. The van der Waals surface area contributed by atoms with Gasteiger partial charge in [-0.15, -0.1) is 0 Å². The lowest BCUT2D eigenvalue weighted by Gasteiger charge is -2.03. The van der Waals surface area contributed by atoms with E-state index >= 15 is 0 Å². The van der Waals surface area contributed by atoms with Crippen LogP contribution in [0, 0.1) is 0 Å². The average molecular weight is 284 g/mol. The van der Waals surface area contributed by atoms with Crippen molar-refractivity contribution in [2.24, 2.45) is 0 Å². The molecule has 2 aromatic carbocycles. The molecule has 21 heavy (non-hydrogen) atoms. The predicted molar refractivity (Wildman–Crippen MR) is 76.8 cm³/mol. The van der Waals surface area contributed by atoms with Gasteiger partial charge in [-0.25, -0.2) is 9.18 Å². The normalized spacial score (nSPS) is 12.4. The lowest BCUT2D eigenvalue weighted by Crippen LogP contribution is -2.08. The Hall–Kier alpha value is -2.69. The van der Waals surface area contributed by atoms with Gasteiger partial charge in [0.05, 0.1) is 12.1 Å². The fourth-order valence-electron chi connectivity index (χ4n) is 2.33. The number of alkyl halides is 1. The molecule has 0 radical (unpaired) electrons. The summed E-state index contributed by atoms with van der Waals surface area (Å²) >= 11 is 0. The van der Waals surface area contributed by atoms with E-state index in [1.807, 2.05) is 42.5 Å². The lowest BCUT2D eigenvalue weighted by atomic mass is 10.1. The summed E-state index contributed by atoms with van der Waals surface area (Å²) in [7, 11) is 0. The number of halogens is 1. The topological polar surface area (TPSA) is 55.1 Å². The van der Waals surface area contributed by atoms with Gasteiger partial charge in [0, 0.05) is 5.39 Å². The molecule has 1 aromatic heterocycles. The van der Waals surface area contributed by atoms with Crippen LogP contribution in [0.4, 0.5) is 4.39 Å². The maximum Gasteiger partial charge on any atom is 0.344 e. The van der Waals surface area contributed by atoms with Crippen LogP contribution in [0.3, 0.4) is 0 Å². The summed E-state index contributed by atoms with van der Waals surface area (Å²) in [6.07, 6.45) is -2.12. The van der Waals surface area contributed by atoms with Gasteiger partial charge in [-0.2, -0.15) is 5.10 Å². The number of hydrogen-bond acceptors (Lipinski definition) is 2. The van der Waals surface area contributed by atoms with Crippen LogP contribution in [0.15, 0.2) is 54.6 Å². The van der Waals surface area contributed by atoms with Crippen molar-refractivity contribution in [3.63, 3.8) is 0 Å². The number of fused-ring (bicyclic) bond motifs is 1. The minimum absolute atomic E-state index is 0.0472. The predicted octanol–water partition coefficient (Wildman–Crippen LogP) is 3.18. The highest BCUT2D eigenvalue weighted by Crippen LogP contribution is 2.26. The summed E-state index contributed by atoms with van der Waals surface area (Å²) in [5, 5.41) is 13.6. The summed E-state index contributed by atoms with van der Waals surface area (Å²) in [5.74, 6) is -1.52. The van der Waals surface area contributed by atoms with Crippen molar-refractivity contribution in [1.29, 1.82) is 0 Å². The Bertz CT molecular complexity index is 783. The van der Waals surface area contributed by atoms with Crippen LogP contribution in [0.5, 0.6) is 0 Å². The van der Waals surface area contributed by atoms with E-state index in [1.165, 1.54) is 0 Å². The Morgan fingerprint density at radius 3 is 2.52 bits per heavy atom. The van der Waals surface area contributed by atoms with E-state index in [9.17, 15) is 9.18 Å². The van der Waals surface area contributed by atoms with Crippen molar-refractivity contribution in [1.82, 2.24) is 9.78 Å². The molecular weight excluding hydrogens is 271 g/mol. The van der Waals surface area contributed by atoms with Crippen LogP contribution in [-0.4, -0.2) is 20.9 Å². The van der Waals surface area contributed by atoms with Gasteiger partial charge in [0.15, 0.2) is 0 Å². The fraction of sp³-hybridized carbons (Fsp3) is 0.125. The number of nitrogens with zero attached hydrogens (tertiary/aromatic N) is 2. The smallest absolute Gasteiger partial charge is 0.344 e. The second-order valence-electron chi connectivity index (χ2n) is 4.75. The van der Waals surface area contributed by atoms with Gasteiger partial charge >= 0.3 is 5.97 Å². The van der Waals surface area contributed by atoms with Gasteiger partial charge < -0.3 is 5.11 Å². The first-order chi connectivity index (χ1) is 10.2. The number of aromatic nitrogens is 2. The summed E-state index contributed by atoms with van der Waals surface area (Å²) in [4.78, 5) is 10.9. The van der Waals surface area contributed by atoms with Gasteiger partial charge in [-0.3, -0.25) is 4.68 Å². The monoisotopic (exact) mass is 284 g/mol. The molecule has 3 rings (SSSR count). The van der Waals surface area contributed by atoms with Crippen LogP contribution in [0.25, 0.3) is 10.9 Å². The molecule has 0 saturated heterocycles. The average Bonchev–Trinajstić information content (AvgIpc) is 2.86. The minimum Gasteiger partial charge on any atom is -0.479 e. The van der Waals surface area contributed by atoms with Gasteiger partial charge in [-0.05, 0) is 11.6 Å². The number of carbonyl (C=O) groups is 1. The van der Waals surface area contributed by atoms with E-state index in [-0.39, 0.29) is 5.69 Å². The molecule has 0 aliphatic rings. The van der Waals surface area contributed by atoms with Crippen molar-refractivity contribution in [2.75, 3.05) is 0 Å². The van der Waals surface area contributed by atoms with E-state index < -0.39 is 12.1 Å². The van der Waals surface area contributed by atoms with E-state index in [0.717, 1.165) is 11.1 Å². The molecule has 3 aromatic rings. The Balaban J connectivity index is 2.09. The van der Waals surface area contributed by atoms with Crippen LogP contribution in [0.1, 0.15) is 17.4 Å². The maximum absolute atomic E-state index is 13.9. The zero-order chi connectivity index (χ0) is 14.8. The van der Waals surface area contributed by atoms with Crippen LogP contribution >= 0.6 is 0 Å². The van der Waals surface area contributed by atoms with Gasteiger partial charge in [-0.1, -0.05) is 48.5 Å². The number of hydrogen-bond donors (Lipinski definition) is 1. The van der Waals surface area contributed by atoms with E-state index in [4.69, 9.17) is 5.11 Å². The molecule has 0 aliphatic carbocycles. The molecule has 4 nitrogen and oxygen atoms in total. The molecule has 0 bridgehead atoms. The number of aliphatic carboxylic acids is 1. The van der Waals surface area contributed by atoms with Gasteiger partial charge in [0.25, 0.3) is 0 Å². The number of rotatable bonds is 4. The molecule has 1 atom stereocenters. The zero-order valence-corrected chi connectivity index (χ0v) is 11.1. The van der Waals surface area contributed by atoms with Gasteiger partial charge in [0.1, 0.15) is 5.69 Å². The highest BCUT2D eigenvalue weighted by Gasteiger charge is 2.25. The Morgan fingerprint density at radius 1 is 1.14 bits per heavy atom.